The Morgan fingerprint density at radius 1 is 1.11 bits per heavy atom. The van der Waals surface area contributed by atoms with Gasteiger partial charge in [0.15, 0.2) is 5.75 Å². The number of para-hydroxylation sites is 1. The molecular formula is C16H20O2S. The summed E-state index contributed by atoms with van der Waals surface area (Å²) in [4.78, 5) is 0. The first-order chi connectivity index (χ1) is 9.24. The number of aryl methyl sites for hydroxylation is 1. The number of benzene rings is 1. The maximum absolute atomic E-state index is 10.1. The second-order valence-corrected chi connectivity index (χ2v) is 5.27. The van der Waals surface area contributed by atoms with Crippen molar-refractivity contribution in [3.63, 3.8) is 0 Å². The number of hydrogen-bond acceptors (Lipinski definition) is 3. The molecule has 102 valence electrons. The highest BCUT2D eigenvalue weighted by Gasteiger charge is 2.09. The van der Waals surface area contributed by atoms with Gasteiger partial charge in [0.25, 0.3) is 0 Å². The van der Waals surface area contributed by atoms with Crippen LogP contribution in [-0.4, -0.2) is 5.11 Å². The molecule has 0 aliphatic rings. The molecule has 0 bridgehead atoms. The molecule has 0 amide bonds. The Morgan fingerprint density at radius 3 is 2.63 bits per heavy atom. The Hall–Kier alpha value is -1.35. The molecule has 0 aliphatic carbocycles. The van der Waals surface area contributed by atoms with Crippen molar-refractivity contribution in [3.05, 3.63) is 34.5 Å². The molecular weight excluding hydrogens is 256 g/mol. The van der Waals surface area contributed by atoms with Crippen LogP contribution in [0.4, 0.5) is 0 Å². The summed E-state index contributed by atoms with van der Waals surface area (Å²) in [5.41, 5.74) is 0.758. The highest BCUT2D eigenvalue weighted by Crippen LogP contribution is 2.28. The summed E-state index contributed by atoms with van der Waals surface area (Å²) >= 11 is 5.29. The minimum Gasteiger partial charge on any atom is -0.503 e. The maximum atomic E-state index is 10.1. The molecule has 1 aromatic carbocycles. The molecule has 1 N–H and O–H groups in total. The van der Waals surface area contributed by atoms with Crippen molar-refractivity contribution in [2.24, 2.45) is 0 Å². The molecule has 0 unspecified atom stereocenters. The van der Waals surface area contributed by atoms with Gasteiger partial charge in [-0.05, 0) is 18.6 Å². The first-order valence-corrected chi connectivity index (χ1v) is 7.38. The van der Waals surface area contributed by atoms with E-state index in [0.717, 1.165) is 23.8 Å². The topological polar surface area (TPSA) is 33.4 Å². The Kier molecular flexibility index (Phi) is 4.97. The van der Waals surface area contributed by atoms with Crippen molar-refractivity contribution in [1.29, 1.82) is 0 Å². The van der Waals surface area contributed by atoms with Gasteiger partial charge in [-0.2, -0.15) is 0 Å². The van der Waals surface area contributed by atoms with Crippen molar-refractivity contribution in [1.82, 2.24) is 0 Å². The van der Waals surface area contributed by atoms with Crippen LogP contribution in [0.3, 0.4) is 0 Å². The molecule has 3 heteroatoms. The number of unbranched alkanes of at least 4 members (excludes halogenated alkanes) is 4. The van der Waals surface area contributed by atoms with Crippen LogP contribution >= 0.6 is 12.2 Å². The summed E-state index contributed by atoms with van der Waals surface area (Å²) in [7, 11) is 0. The highest BCUT2D eigenvalue weighted by molar-refractivity contribution is 7.71. The van der Waals surface area contributed by atoms with E-state index in [9.17, 15) is 5.11 Å². The molecule has 2 rings (SSSR count). The van der Waals surface area contributed by atoms with Crippen LogP contribution in [0.5, 0.6) is 5.75 Å². The standard InChI is InChI=1S/C16H20O2S/c1-2-3-4-5-6-11-14-15(17)16(19)12-9-7-8-10-13(12)18-14/h7-10,17H,2-6,11H2,1H3. The third-order valence-corrected chi connectivity index (χ3v) is 3.76. The van der Waals surface area contributed by atoms with Crippen molar-refractivity contribution in [2.75, 3.05) is 0 Å². The minimum absolute atomic E-state index is 0.143. The quantitative estimate of drug-likeness (QED) is 0.568. The fourth-order valence-corrected chi connectivity index (χ4v) is 2.52. The second kappa shape index (κ2) is 6.71. The zero-order valence-electron chi connectivity index (χ0n) is 11.3. The van der Waals surface area contributed by atoms with E-state index < -0.39 is 0 Å². The fraction of sp³-hybridized carbons (Fsp3) is 0.438. The van der Waals surface area contributed by atoms with Crippen molar-refractivity contribution in [3.8, 4) is 5.75 Å². The highest BCUT2D eigenvalue weighted by atomic mass is 32.1. The minimum atomic E-state index is 0.143. The van der Waals surface area contributed by atoms with E-state index in [0.29, 0.717) is 10.3 Å². The van der Waals surface area contributed by atoms with E-state index in [1.807, 2.05) is 24.3 Å². The molecule has 0 saturated heterocycles. The van der Waals surface area contributed by atoms with Crippen LogP contribution in [0.2, 0.25) is 0 Å². The monoisotopic (exact) mass is 276 g/mol. The lowest BCUT2D eigenvalue weighted by molar-refractivity contribution is 0.414. The molecule has 0 radical (unpaired) electrons. The van der Waals surface area contributed by atoms with Gasteiger partial charge in [-0.1, -0.05) is 57.0 Å². The largest absolute Gasteiger partial charge is 0.503 e. The van der Waals surface area contributed by atoms with Gasteiger partial charge < -0.3 is 9.52 Å². The van der Waals surface area contributed by atoms with Crippen LogP contribution in [0.1, 0.15) is 44.8 Å². The van der Waals surface area contributed by atoms with Gasteiger partial charge in [-0.15, -0.1) is 0 Å². The van der Waals surface area contributed by atoms with Gasteiger partial charge in [0.1, 0.15) is 11.3 Å². The molecule has 2 nitrogen and oxygen atoms in total. The van der Waals surface area contributed by atoms with E-state index in [1.54, 1.807) is 0 Å². The Labute approximate surface area is 119 Å². The lowest BCUT2D eigenvalue weighted by Gasteiger charge is -2.06. The van der Waals surface area contributed by atoms with Crippen molar-refractivity contribution < 1.29 is 9.52 Å². The van der Waals surface area contributed by atoms with Crippen molar-refractivity contribution >= 4 is 23.2 Å². The third-order valence-electron chi connectivity index (χ3n) is 3.35. The molecule has 1 heterocycles. The van der Waals surface area contributed by atoms with Crippen molar-refractivity contribution in [2.45, 2.75) is 45.4 Å². The molecule has 0 spiro atoms. The number of aromatic hydroxyl groups is 1. The van der Waals surface area contributed by atoms with Gasteiger partial charge >= 0.3 is 0 Å². The third kappa shape index (κ3) is 3.35. The molecule has 19 heavy (non-hydrogen) atoms. The van der Waals surface area contributed by atoms with Gasteiger partial charge in [-0.3, -0.25) is 0 Å². The van der Waals surface area contributed by atoms with Crippen LogP contribution < -0.4 is 0 Å². The van der Waals surface area contributed by atoms with E-state index >= 15 is 0 Å². The summed E-state index contributed by atoms with van der Waals surface area (Å²) in [5.74, 6) is 0.768. The fourth-order valence-electron chi connectivity index (χ4n) is 2.24. The summed E-state index contributed by atoms with van der Waals surface area (Å²) in [6.45, 7) is 2.20. The predicted octanol–water partition coefficient (Wildman–Crippen LogP) is 5.38. The van der Waals surface area contributed by atoms with Gasteiger partial charge in [0.2, 0.25) is 0 Å². The smallest absolute Gasteiger partial charge is 0.173 e. The van der Waals surface area contributed by atoms with E-state index in [2.05, 4.69) is 6.92 Å². The zero-order valence-corrected chi connectivity index (χ0v) is 12.1. The summed E-state index contributed by atoms with van der Waals surface area (Å²) in [6, 6.07) is 7.59. The van der Waals surface area contributed by atoms with E-state index in [4.69, 9.17) is 16.6 Å². The molecule has 0 atom stereocenters. The molecule has 1 aromatic heterocycles. The Morgan fingerprint density at radius 2 is 1.84 bits per heavy atom. The Balaban J connectivity index is 2.15. The maximum Gasteiger partial charge on any atom is 0.173 e. The molecule has 0 aliphatic heterocycles. The normalized spacial score (nSPS) is 11.0. The van der Waals surface area contributed by atoms with Crippen LogP contribution in [0, 0.1) is 4.51 Å². The summed E-state index contributed by atoms with van der Waals surface area (Å²) in [6.07, 6.45) is 6.71. The van der Waals surface area contributed by atoms with Crippen LogP contribution in [0.25, 0.3) is 11.0 Å². The Bertz CT molecular complexity index is 601. The lowest BCUT2D eigenvalue weighted by atomic mass is 10.1. The first-order valence-electron chi connectivity index (χ1n) is 6.97. The molecule has 0 fully saturated rings. The van der Waals surface area contributed by atoms with Crippen LogP contribution in [0.15, 0.2) is 28.7 Å². The first kappa shape index (κ1) is 14.1. The van der Waals surface area contributed by atoms with Gasteiger partial charge in [0, 0.05) is 11.8 Å². The molecule has 0 saturated carbocycles. The van der Waals surface area contributed by atoms with E-state index in [-0.39, 0.29) is 5.75 Å². The molecule has 2 aromatic rings. The number of hydrogen-bond donors (Lipinski definition) is 1. The number of fused-ring (bicyclic) bond motifs is 1. The SMILES string of the molecule is CCCCCCCc1oc2ccccc2c(=S)c1O. The predicted molar refractivity (Wildman–Crippen MR) is 81.2 cm³/mol. The van der Waals surface area contributed by atoms with Gasteiger partial charge in [-0.25, -0.2) is 0 Å². The second-order valence-electron chi connectivity index (χ2n) is 4.86. The summed E-state index contributed by atoms with van der Waals surface area (Å²) in [5, 5.41) is 10.9. The average Bonchev–Trinajstić information content (AvgIpc) is 2.44. The van der Waals surface area contributed by atoms with E-state index in [1.165, 1.54) is 25.7 Å². The van der Waals surface area contributed by atoms with Gasteiger partial charge in [0.05, 0.1) is 4.51 Å². The zero-order chi connectivity index (χ0) is 13.7. The summed E-state index contributed by atoms with van der Waals surface area (Å²) < 4.78 is 6.27. The average molecular weight is 276 g/mol. The number of rotatable bonds is 6. The lowest BCUT2D eigenvalue weighted by Crippen LogP contribution is -1.89. The van der Waals surface area contributed by atoms with Crippen LogP contribution in [-0.2, 0) is 6.42 Å².